The molecule has 1 atom stereocenters. The Kier molecular flexibility index (Phi) is 5.98. The first kappa shape index (κ1) is 17.3. The normalized spacial score (nSPS) is 12.0. The molecule has 1 amide bonds. The number of aryl methyl sites for hydroxylation is 1. The van der Waals surface area contributed by atoms with E-state index in [1.165, 1.54) is 12.1 Å². The largest absolute Gasteiger partial charge is 0.491 e. The van der Waals surface area contributed by atoms with E-state index in [0.717, 1.165) is 5.56 Å². The van der Waals surface area contributed by atoms with Crippen LogP contribution in [0, 0.1) is 12.7 Å². The second-order valence-electron chi connectivity index (χ2n) is 5.26. The lowest BCUT2D eigenvalue weighted by molar-refractivity contribution is -0.121. The minimum absolute atomic E-state index is 0.128. The van der Waals surface area contributed by atoms with E-state index in [1.807, 2.05) is 6.92 Å². The lowest BCUT2D eigenvalue weighted by Gasteiger charge is -2.15. The molecule has 0 aliphatic carbocycles. The van der Waals surface area contributed by atoms with Crippen molar-refractivity contribution in [3.63, 3.8) is 0 Å². The van der Waals surface area contributed by atoms with Crippen molar-refractivity contribution >= 4 is 17.5 Å². The zero-order valence-electron chi connectivity index (χ0n) is 12.9. The maximum Gasteiger partial charge on any atom is 0.229 e. The summed E-state index contributed by atoms with van der Waals surface area (Å²) in [6.07, 6.45) is 0.726. The van der Waals surface area contributed by atoms with Crippen molar-refractivity contribution in [3.05, 3.63) is 46.6 Å². The van der Waals surface area contributed by atoms with Gasteiger partial charge in [0, 0.05) is 18.1 Å². The monoisotopic (exact) mass is 340 g/mol. The number of nitrogens with one attached hydrogen (secondary N) is 1. The van der Waals surface area contributed by atoms with Crippen LogP contribution in [0.1, 0.15) is 24.6 Å². The Morgan fingerprint density at radius 1 is 1.52 bits per heavy atom. The molecule has 2 rings (SSSR count). The first-order valence-electron chi connectivity index (χ1n) is 7.24. The van der Waals surface area contributed by atoms with Gasteiger partial charge in [0.05, 0.1) is 11.7 Å². The quantitative estimate of drug-likeness (QED) is 0.840. The average molecular weight is 341 g/mol. The van der Waals surface area contributed by atoms with Gasteiger partial charge in [0.15, 0.2) is 0 Å². The summed E-state index contributed by atoms with van der Waals surface area (Å²) in [4.78, 5) is 11.9. The topological polar surface area (TPSA) is 64.4 Å². The number of nitrogens with zero attached hydrogens (tertiary/aromatic N) is 1. The molecule has 0 fully saturated rings. The number of rotatable bonds is 7. The van der Waals surface area contributed by atoms with Crippen molar-refractivity contribution < 1.29 is 18.4 Å². The van der Waals surface area contributed by atoms with Crippen LogP contribution in [-0.2, 0) is 11.2 Å². The van der Waals surface area contributed by atoms with Gasteiger partial charge in [-0.2, -0.15) is 0 Å². The van der Waals surface area contributed by atoms with Crippen LogP contribution in [0.25, 0.3) is 0 Å². The number of hydrogen-bond donors (Lipinski definition) is 1. The molecule has 1 aromatic heterocycles. The Hall–Kier alpha value is -2.08. The zero-order chi connectivity index (χ0) is 16.8. The second-order valence-corrected chi connectivity index (χ2v) is 5.60. The van der Waals surface area contributed by atoms with Gasteiger partial charge < -0.3 is 14.6 Å². The molecule has 23 heavy (non-hydrogen) atoms. The van der Waals surface area contributed by atoms with Crippen molar-refractivity contribution in [2.75, 3.05) is 6.61 Å². The molecule has 124 valence electrons. The van der Waals surface area contributed by atoms with Crippen LogP contribution in [0.4, 0.5) is 4.39 Å². The van der Waals surface area contributed by atoms with Crippen LogP contribution in [0.3, 0.4) is 0 Å². The predicted molar refractivity (Wildman–Crippen MR) is 84.1 cm³/mol. The predicted octanol–water partition coefficient (Wildman–Crippen LogP) is 3.29. The number of aromatic nitrogens is 1. The van der Waals surface area contributed by atoms with E-state index < -0.39 is 0 Å². The summed E-state index contributed by atoms with van der Waals surface area (Å²) >= 11 is 5.85. The molecule has 0 spiro atoms. The van der Waals surface area contributed by atoms with Gasteiger partial charge in [-0.3, -0.25) is 4.79 Å². The molecule has 0 bridgehead atoms. The third kappa shape index (κ3) is 5.25. The number of halogens is 2. The van der Waals surface area contributed by atoms with Gasteiger partial charge in [0.25, 0.3) is 0 Å². The van der Waals surface area contributed by atoms with Crippen LogP contribution in [0.5, 0.6) is 5.75 Å². The number of hydrogen-bond acceptors (Lipinski definition) is 4. The third-order valence-electron chi connectivity index (χ3n) is 3.24. The fourth-order valence-corrected chi connectivity index (χ4v) is 2.31. The Balaban J connectivity index is 1.74. The summed E-state index contributed by atoms with van der Waals surface area (Å²) in [5.74, 6) is -0.0601. The van der Waals surface area contributed by atoms with E-state index in [1.54, 1.807) is 19.1 Å². The fraction of sp³-hybridized carbons (Fsp3) is 0.375. The number of amides is 1. The third-order valence-corrected chi connectivity index (χ3v) is 3.54. The van der Waals surface area contributed by atoms with Crippen LogP contribution in [-0.4, -0.2) is 23.7 Å². The maximum absolute atomic E-state index is 13.0. The van der Waals surface area contributed by atoms with Gasteiger partial charge in [0.2, 0.25) is 11.1 Å². The molecule has 2 aromatic rings. The van der Waals surface area contributed by atoms with Gasteiger partial charge in [-0.15, -0.1) is 0 Å². The highest BCUT2D eigenvalue weighted by atomic mass is 35.5. The summed E-state index contributed by atoms with van der Waals surface area (Å²) in [5, 5.41) is 6.77. The van der Waals surface area contributed by atoms with Crippen LogP contribution in [0.2, 0.25) is 5.22 Å². The second kappa shape index (κ2) is 7.97. The lowest BCUT2D eigenvalue weighted by atomic mass is 10.1. The van der Waals surface area contributed by atoms with Gasteiger partial charge in [-0.05, 0) is 44.0 Å². The Labute approximate surface area is 138 Å². The van der Waals surface area contributed by atoms with Crippen LogP contribution in [0.15, 0.2) is 28.8 Å². The molecule has 0 unspecified atom stereocenters. The summed E-state index contributed by atoms with van der Waals surface area (Å²) < 4.78 is 23.3. The van der Waals surface area contributed by atoms with E-state index >= 15 is 0 Å². The van der Waals surface area contributed by atoms with Gasteiger partial charge in [-0.25, -0.2) is 4.39 Å². The van der Waals surface area contributed by atoms with Gasteiger partial charge in [-0.1, -0.05) is 11.2 Å². The highest BCUT2D eigenvalue weighted by Crippen LogP contribution is 2.20. The summed E-state index contributed by atoms with van der Waals surface area (Å²) in [6, 6.07) is 5.67. The molecule has 0 saturated heterocycles. The summed E-state index contributed by atoms with van der Waals surface area (Å²) in [7, 11) is 0. The number of benzene rings is 1. The van der Waals surface area contributed by atoms with E-state index in [0.29, 0.717) is 17.9 Å². The lowest BCUT2D eigenvalue weighted by Crippen LogP contribution is -2.36. The first-order chi connectivity index (χ1) is 11.0. The zero-order valence-corrected chi connectivity index (χ0v) is 13.7. The SMILES string of the molecule is Cc1noc(Cl)c1CCC(=O)N[C@H](C)COc1cccc(F)c1. The van der Waals surface area contributed by atoms with Crippen LogP contribution < -0.4 is 10.1 Å². The maximum atomic E-state index is 13.0. The Morgan fingerprint density at radius 3 is 2.96 bits per heavy atom. The number of ether oxygens (including phenoxy) is 1. The molecule has 5 nitrogen and oxygen atoms in total. The van der Waals surface area contributed by atoms with Crippen molar-refractivity contribution in [2.45, 2.75) is 32.7 Å². The Bertz CT molecular complexity index is 656. The van der Waals surface area contributed by atoms with E-state index in [2.05, 4.69) is 10.5 Å². The smallest absolute Gasteiger partial charge is 0.229 e. The molecular weight excluding hydrogens is 323 g/mol. The van der Waals surface area contributed by atoms with Crippen molar-refractivity contribution in [3.8, 4) is 5.75 Å². The first-order valence-corrected chi connectivity index (χ1v) is 7.62. The van der Waals surface area contributed by atoms with Crippen LogP contribution >= 0.6 is 11.6 Å². The number of carbonyl (C=O) groups excluding carboxylic acids is 1. The minimum Gasteiger partial charge on any atom is -0.491 e. The molecular formula is C16H18ClFN2O3. The molecule has 7 heteroatoms. The number of carbonyl (C=O) groups is 1. The minimum atomic E-state index is -0.361. The summed E-state index contributed by atoms with van der Waals surface area (Å²) in [5.41, 5.74) is 1.43. The molecule has 1 aromatic carbocycles. The Morgan fingerprint density at radius 2 is 2.30 bits per heavy atom. The average Bonchev–Trinajstić information content (AvgIpc) is 2.82. The molecule has 0 aliphatic heterocycles. The molecule has 0 radical (unpaired) electrons. The molecule has 1 N–H and O–H groups in total. The van der Waals surface area contributed by atoms with Crippen molar-refractivity contribution in [2.24, 2.45) is 0 Å². The van der Waals surface area contributed by atoms with E-state index in [4.69, 9.17) is 20.9 Å². The molecule has 1 heterocycles. The molecule has 0 aliphatic rings. The molecule has 0 saturated carbocycles. The van der Waals surface area contributed by atoms with E-state index in [-0.39, 0.29) is 36.0 Å². The highest BCUT2D eigenvalue weighted by molar-refractivity contribution is 6.29. The van der Waals surface area contributed by atoms with Crippen molar-refractivity contribution in [1.82, 2.24) is 10.5 Å². The van der Waals surface area contributed by atoms with Crippen molar-refractivity contribution in [1.29, 1.82) is 0 Å². The standard InChI is InChI=1S/C16H18ClFN2O3/c1-10(9-22-13-5-3-4-12(18)8-13)19-15(21)7-6-14-11(2)20-23-16(14)17/h3-5,8,10H,6-7,9H2,1-2H3,(H,19,21)/t10-/m1/s1. The van der Waals surface area contributed by atoms with Gasteiger partial charge >= 0.3 is 0 Å². The fourth-order valence-electron chi connectivity index (χ4n) is 2.05. The van der Waals surface area contributed by atoms with E-state index in [9.17, 15) is 9.18 Å². The van der Waals surface area contributed by atoms with Gasteiger partial charge in [0.1, 0.15) is 18.2 Å². The summed E-state index contributed by atoms with van der Waals surface area (Å²) in [6.45, 7) is 3.84. The highest BCUT2D eigenvalue weighted by Gasteiger charge is 2.14.